The topological polar surface area (TPSA) is 332 Å². The van der Waals surface area contributed by atoms with E-state index in [1.807, 2.05) is 109 Å². The predicted molar refractivity (Wildman–Crippen MR) is 459 cm³/mol. The van der Waals surface area contributed by atoms with Crippen LogP contribution in [0, 0.1) is 75.2 Å². The third-order valence-electron chi connectivity index (χ3n) is 27.5. The van der Waals surface area contributed by atoms with Gasteiger partial charge in [-0.05, 0) is 209 Å². The largest absolute Gasteiger partial charge is 0.540 e. The van der Waals surface area contributed by atoms with Gasteiger partial charge in [0.25, 0.3) is 0 Å². The van der Waals surface area contributed by atoms with Gasteiger partial charge in [-0.15, -0.1) is 0 Å². The van der Waals surface area contributed by atoms with Crippen molar-refractivity contribution in [3.63, 3.8) is 0 Å². The molecule has 16 rings (SSSR count). The van der Waals surface area contributed by atoms with Crippen LogP contribution < -0.4 is 30.2 Å². The number of benzene rings is 3. The van der Waals surface area contributed by atoms with Crippen molar-refractivity contribution < 1.29 is 136 Å². The number of amides is 6. The van der Waals surface area contributed by atoms with Crippen molar-refractivity contribution in [2.75, 3.05) is 19.6 Å². The number of fused-ring (bicyclic) bond motifs is 17. The minimum Gasteiger partial charge on any atom is -0.540 e. The maximum atomic E-state index is 14.0. The summed E-state index contributed by atoms with van der Waals surface area (Å²) >= 11 is 6.24. The Bertz CT molecular complexity index is 4890. The van der Waals surface area contributed by atoms with Gasteiger partial charge in [-0.2, -0.15) is 0 Å². The molecule has 7 fully saturated rings. The van der Waals surface area contributed by atoms with E-state index in [2.05, 4.69) is 32.2 Å². The average Bonchev–Trinajstić information content (AvgIpc) is 1.60. The van der Waals surface area contributed by atoms with E-state index in [-0.39, 0.29) is 111 Å². The summed E-state index contributed by atoms with van der Waals surface area (Å²) in [4.78, 5) is 151. The summed E-state index contributed by atoms with van der Waals surface area (Å²) in [6.45, 7) is 24.9. The fourth-order valence-electron chi connectivity index (χ4n) is 20.0. The van der Waals surface area contributed by atoms with Crippen LogP contribution in [0.2, 0.25) is 5.02 Å². The normalized spacial score (nSPS) is 30.9. The molecule has 33 heteroatoms. The van der Waals surface area contributed by atoms with Crippen molar-refractivity contribution in [1.82, 2.24) is 60.6 Å². The van der Waals surface area contributed by atoms with Crippen LogP contribution in [0.15, 0.2) is 54.6 Å². The summed E-state index contributed by atoms with van der Waals surface area (Å²) in [6.07, 6.45) is 22.1. The van der Waals surface area contributed by atoms with Crippen LogP contribution in [-0.4, -0.2) is 191 Å². The summed E-state index contributed by atoms with van der Waals surface area (Å²) in [5, 5.41) is 9.07. The number of alkyl carbamates (subject to hydrolysis) is 3. The number of aromatic nitrogens is 6. The second-order valence-electron chi connectivity index (χ2n) is 39.6. The molecule has 9 heterocycles. The molecule has 27 nitrogen and oxygen atoms in total. The quantitative estimate of drug-likeness (QED) is 0.109. The molecular weight excluding hydrogens is 1760 g/mol. The Morgan fingerprint density at radius 3 is 1.31 bits per heavy atom. The first kappa shape index (κ1) is 99.8. The van der Waals surface area contributed by atoms with Crippen molar-refractivity contribution >= 4 is 99.6 Å². The molecule has 3 saturated heterocycles. The molecule has 3 N–H and O–H groups in total. The Labute approximate surface area is 783 Å². The third-order valence-corrected chi connectivity index (χ3v) is 27.7. The van der Waals surface area contributed by atoms with E-state index >= 15 is 0 Å². The second-order valence-corrected chi connectivity index (χ2v) is 40.0. The zero-order chi connectivity index (χ0) is 88.6. The monoisotopic (exact) mass is 1880 g/mol. The van der Waals surface area contributed by atoms with Crippen LogP contribution in [0.5, 0.6) is 17.6 Å². The molecule has 6 bridgehead atoms. The van der Waals surface area contributed by atoms with Gasteiger partial charge in [0.05, 0.1) is 52.7 Å². The number of hydrogen-bond donors (Lipinski definition) is 3. The second kappa shape index (κ2) is 41.8. The molecule has 685 valence electrons. The molecule has 20 atom stereocenters. The number of hydrogen-bond acceptors (Lipinski definition) is 21. The van der Waals surface area contributed by atoms with E-state index in [4.69, 9.17) is 60.0 Å². The summed E-state index contributed by atoms with van der Waals surface area (Å²) in [6, 6.07) is 8.72. The fraction of sp³-hybridized carbons (Fsp3) is 0.649. The smallest absolute Gasteiger partial charge is 0.408 e. The molecule has 3 radical (unpaired) electrons. The summed E-state index contributed by atoms with van der Waals surface area (Å²) < 4.78 is 65.1. The minimum absolute atomic E-state index is 0. The number of nitrogens with one attached hydrogen (secondary N) is 3. The van der Waals surface area contributed by atoms with E-state index in [9.17, 15) is 51.9 Å². The first-order valence-electron chi connectivity index (χ1n) is 44.9. The molecular formula is C94H120ClF2N12O15V3-3. The molecule has 4 aliphatic carbocycles. The van der Waals surface area contributed by atoms with Crippen molar-refractivity contribution in [3.05, 3.63) is 88.3 Å². The average molecular weight is 1880 g/mol. The van der Waals surface area contributed by atoms with Gasteiger partial charge in [-0.25, -0.2) is 71.9 Å². The Kier molecular flexibility index (Phi) is 32.8. The number of ether oxygens (including phenoxy) is 6. The number of nitrogens with zero attached hydrogens (tertiary/aromatic N) is 9. The maximum Gasteiger partial charge on any atom is 0.408 e. The molecule has 2 unspecified atom stereocenters. The van der Waals surface area contributed by atoms with Crippen LogP contribution in [0.4, 0.5) is 23.2 Å². The Morgan fingerprint density at radius 1 is 0.449 bits per heavy atom. The van der Waals surface area contributed by atoms with Crippen molar-refractivity contribution in [2.24, 2.45) is 63.6 Å². The van der Waals surface area contributed by atoms with Crippen molar-refractivity contribution in [1.29, 1.82) is 0 Å². The predicted octanol–water partition coefficient (Wildman–Crippen LogP) is 15.1. The number of halogens is 3. The van der Waals surface area contributed by atoms with E-state index < -0.39 is 124 Å². The van der Waals surface area contributed by atoms with Gasteiger partial charge in [0.1, 0.15) is 83.0 Å². The zero-order valence-electron chi connectivity index (χ0n) is 75.0. The van der Waals surface area contributed by atoms with Gasteiger partial charge >= 0.3 is 18.3 Å². The molecule has 6 aromatic rings. The maximum absolute atomic E-state index is 14.0. The van der Waals surface area contributed by atoms with Crippen LogP contribution in [0.25, 0.3) is 33.1 Å². The van der Waals surface area contributed by atoms with E-state index in [0.29, 0.717) is 111 Å². The first-order valence-corrected chi connectivity index (χ1v) is 45.3. The molecule has 6 aliphatic heterocycles. The number of rotatable bonds is 4. The van der Waals surface area contributed by atoms with Gasteiger partial charge in [0, 0.05) is 72.8 Å². The number of carbonyl (C=O) groups is 6. The zero-order valence-corrected chi connectivity index (χ0v) is 79.9. The molecule has 127 heavy (non-hydrogen) atoms. The van der Waals surface area contributed by atoms with Crippen molar-refractivity contribution in [3.8, 4) is 17.6 Å². The van der Waals surface area contributed by atoms with E-state index in [1.54, 1.807) is 24.3 Å². The molecule has 3 aromatic carbocycles. The summed E-state index contributed by atoms with van der Waals surface area (Å²) in [5.41, 5.74) is 2.88. The van der Waals surface area contributed by atoms with Crippen LogP contribution in [-0.2, 0) is 118 Å². The molecule has 4 saturated carbocycles. The third kappa shape index (κ3) is 23.0. The van der Waals surface area contributed by atoms with E-state index in [0.717, 1.165) is 120 Å². The van der Waals surface area contributed by atoms with Crippen molar-refractivity contribution in [2.45, 2.75) is 304 Å². The van der Waals surface area contributed by atoms with Gasteiger partial charge in [0.15, 0.2) is 0 Å². The Balaban J connectivity index is 0.000000183. The fourth-order valence-corrected chi connectivity index (χ4v) is 20.2. The van der Waals surface area contributed by atoms with Crippen LogP contribution >= 0.6 is 11.6 Å². The summed E-state index contributed by atoms with van der Waals surface area (Å²) in [5.74, 6) is 0.0559. The van der Waals surface area contributed by atoms with Crippen LogP contribution in [0.1, 0.15) is 229 Å². The SMILES string of the molecule is CC[C@@H]1[C@@H]2CN(C(=O)[C@H](C(C)(C)C)NC(=O)O[C@@H]3C[C@H]3CCCCCc3nc4ccc(Cl)cc4nc3O2)[C@@H]1[C-]=O.C[C@@H]1[C@@H]2CN(C(=O)[C@H](C(C)(C)C)NC(=O)O[C@@H]3CC4CC4[C@H]3CCCCCc3nc4ccc(F)cc4nc3O2)[C@@H]1[C-]=O.C[C@@H]1[C@@H]2CN(C(=O)[C@H](C(C)(C)C)NC(=O)O[C@]3(C)CCC[C@H]3CCCCCc3nc4ccc(F)cc4nc3O2)[C@@H]1[C-]=O.[V].[V].[V]. The van der Waals surface area contributed by atoms with Gasteiger partial charge < -0.3 is 73.5 Å². The minimum atomic E-state index is -0.937. The number of aryl methyl sites for hydroxylation is 3. The Morgan fingerprint density at radius 2 is 0.850 bits per heavy atom. The standard InChI is InChI=1S/C32H40FN4O5.C32H42FN4O5.C30H38ClN4O5.3V/c1-17-25(16-38)37-15-27(17)41-29-23(34-22-11-10-19(33)14-24(22)35-29)9-7-5-6-8-20-21-12-18(21)13-26(20)42-31(40)36-28(30(37)39)32(2,3)4;1-19-25(18-38)37-17-26(19)41-28-23(34-22-14-13-21(33)16-24(22)35-28)12-8-6-7-10-20-11-9-15-32(20,5)42-30(40)36-27(29(37)39)31(2,3)4;1-5-19-23(16-36)35-15-25(19)39-27-21(32-20-12-11-18(31)14-22(20)33-27)10-8-6-7-9-17-13-24(17)40-29(38)34-26(28(35)37)30(2,3)4;;;/h10-11,14,17-18,20-21,25-28H,5-9,12-13,15H2,1-4H3,(H,36,40);13-14,16,19-20,25-27H,6-12,15,17H2,1-5H3,(H,36,40);11-12,14,17,19,23-26H,5-10,13,15H2,1-4H3,(H,34,38);;;/q3*-1;;;/t17-,18?,20+,21?,25+,26+,27-,28+;19-,20+,25+,26-,27+,32+;17-,19+,23-,24-,25+,26-;;;/m001.../s1. The Hall–Kier alpha value is -7.79. The van der Waals surface area contributed by atoms with E-state index in [1.165, 1.54) is 45.4 Å². The summed E-state index contributed by atoms with van der Waals surface area (Å²) in [7, 11) is 0. The molecule has 10 aliphatic rings. The van der Waals surface area contributed by atoms with Crippen LogP contribution in [0.3, 0.4) is 0 Å². The van der Waals surface area contributed by atoms with Gasteiger partial charge in [-0.1, -0.05) is 158 Å². The molecule has 0 spiro atoms. The van der Waals surface area contributed by atoms with Gasteiger partial charge in [0.2, 0.25) is 35.4 Å². The molecule has 3 aromatic heterocycles. The first-order chi connectivity index (χ1) is 59.0. The molecule has 6 amide bonds. The van der Waals surface area contributed by atoms with Gasteiger partial charge in [-0.3, -0.25) is 14.4 Å². The number of carbonyl (C=O) groups excluding carboxylic acids is 9.